The van der Waals surface area contributed by atoms with Crippen LogP contribution in [0, 0.1) is 6.92 Å². The van der Waals surface area contributed by atoms with Crippen LogP contribution >= 0.6 is 0 Å². The Morgan fingerprint density at radius 3 is 1.86 bits per heavy atom. The number of rotatable bonds is 4. The van der Waals surface area contributed by atoms with Crippen LogP contribution in [0.3, 0.4) is 0 Å². The first-order chi connectivity index (χ1) is 10.3. The zero-order chi connectivity index (χ0) is 16.0. The summed E-state index contributed by atoms with van der Waals surface area (Å²) in [5.41, 5.74) is 0.999. The quantitative estimate of drug-likeness (QED) is 0.809. The highest BCUT2D eigenvalue weighted by molar-refractivity contribution is 7.90. The van der Waals surface area contributed by atoms with Crippen molar-refractivity contribution in [1.29, 1.82) is 0 Å². The molecule has 1 aromatic rings. The molecule has 0 aromatic heterocycles. The van der Waals surface area contributed by atoms with Gasteiger partial charge in [0.1, 0.15) is 0 Å². The Labute approximate surface area is 131 Å². The van der Waals surface area contributed by atoms with Gasteiger partial charge in [-0.15, -0.1) is 0 Å². The van der Waals surface area contributed by atoms with Crippen LogP contribution in [-0.4, -0.2) is 56.9 Å². The molecular weight excluding hydrogens is 324 g/mol. The Balaban J connectivity index is 1.71. The van der Waals surface area contributed by atoms with Gasteiger partial charge in [-0.05, 0) is 31.9 Å². The lowest BCUT2D eigenvalue weighted by atomic mass is 10.2. The van der Waals surface area contributed by atoms with Crippen molar-refractivity contribution in [2.75, 3.05) is 26.2 Å². The first-order valence-corrected chi connectivity index (χ1v) is 10.3. The highest BCUT2D eigenvalue weighted by Gasteiger charge is 2.42. The minimum absolute atomic E-state index is 0.210. The van der Waals surface area contributed by atoms with Crippen LogP contribution in [-0.2, 0) is 20.0 Å². The minimum Gasteiger partial charge on any atom is -0.212 e. The molecule has 0 amide bonds. The second kappa shape index (κ2) is 5.59. The van der Waals surface area contributed by atoms with E-state index in [0.29, 0.717) is 0 Å². The third kappa shape index (κ3) is 2.92. The average molecular weight is 344 g/mol. The fourth-order valence-corrected chi connectivity index (χ4v) is 5.85. The van der Waals surface area contributed by atoms with Gasteiger partial charge >= 0.3 is 0 Å². The van der Waals surface area contributed by atoms with Crippen molar-refractivity contribution >= 4 is 20.0 Å². The summed E-state index contributed by atoms with van der Waals surface area (Å²) in [6, 6.07) is 6.72. The predicted molar refractivity (Wildman–Crippen MR) is 83.5 cm³/mol. The molecule has 0 bridgehead atoms. The second-order valence-corrected chi connectivity index (χ2v) is 10.0. The molecule has 8 heteroatoms. The Kier molecular flexibility index (Phi) is 4.05. The van der Waals surface area contributed by atoms with Gasteiger partial charge in [0.2, 0.25) is 20.0 Å². The third-order valence-corrected chi connectivity index (χ3v) is 8.47. The van der Waals surface area contributed by atoms with Crippen molar-refractivity contribution in [2.24, 2.45) is 0 Å². The SMILES string of the molecule is Cc1ccc(S(=O)(=O)N2CCN(S(=O)(=O)C3CC3)CC2)cc1. The van der Waals surface area contributed by atoms with Gasteiger partial charge < -0.3 is 0 Å². The monoisotopic (exact) mass is 344 g/mol. The van der Waals surface area contributed by atoms with E-state index in [-0.39, 0.29) is 36.3 Å². The molecule has 1 aliphatic carbocycles. The van der Waals surface area contributed by atoms with E-state index in [1.165, 1.54) is 8.61 Å². The zero-order valence-electron chi connectivity index (χ0n) is 12.5. The molecule has 0 atom stereocenters. The van der Waals surface area contributed by atoms with Crippen molar-refractivity contribution in [3.63, 3.8) is 0 Å². The molecule has 3 rings (SSSR count). The van der Waals surface area contributed by atoms with E-state index in [1.54, 1.807) is 24.3 Å². The van der Waals surface area contributed by atoms with Gasteiger partial charge in [-0.25, -0.2) is 16.8 Å². The van der Waals surface area contributed by atoms with Gasteiger partial charge in [0.15, 0.2) is 0 Å². The lowest BCUT2D eigenvalue weighted by Gasteiger charge is -2.33. The zero-order valence-corrected chi connectivity index (χ0v) is 14.1. The van der Waals surface area contributed by atoms with Crippen LogP contribution < -0.4 is 0 Å². The molecule has 0 N–H and O–H groups in total. The molecular formula is C14H20N2O4S2. The van der Waals surface area contributed by atoms with Gasteiger partial charge in [0, 0.05) is 26.2 Å². The lowest BCUT2D eigenvalue weighted by Crippen LogP contribution is -2.51. The number of hydrogen-bond acceptors (Lipinski definition) is 4. The maximum Gasteiger partial charge on any atom is 0.243 e. The minimum atomic E-state index is -3.54. The Bertz CT molecular complexity index is 745. The molecule has 1 aromatic carbocycles. The van der Waals surface area contributed by atoms with E-state index in [1.807, 2.05) is 6.92 Å². The molecule has 0 radical (unpaired) electrons. The summed E-state index contributed by atoms with van der Waals surface area (Å²) < 4.78 is 52.3. The highest BCUT2D eigenvalue weighted by Crippen LogP contribution is 2.31. The first-order valence-electron chi connectivity index (χ1n) is 7.37. The summed E-state index contributed by atoms with van der Waals surface area (Å²) in [6.07, 6.45) is 1.45. The Morgan fingerprint density at radius 2 is 1.36 bits per heavy atom. The van der Waals surface area contributed by atoms with Crippen molar-refractivity contribution in [1.82, 2.24) is 8.61 Å². The van der Waals surface area contributed by atoms with Crippen molar-refractivity contribution in [3.05, 3.63) is 29.8 Å². The molecule has 0 unspecified atom stereocenters. The maximum atomic E-state index is 12.6. The van der Waals surface area contributed by atoms with E-state index < -0.39 is 20.0 Å². The van der Waals surface area contributed by atoms with Gasteiger partial charge in [-0.3, -0.25) is 0 Å². The summed E-state index contributed by atoms with van der Waals surface area (Å²) >= 11 is 0. The largest absolute Gasteiger partial charge is 0.243 e. The van der Waals surface area contributed by atoms with Gasteiger partial charge in [-0.1, -0.05) is 17.7 Å². The fraction of sp³-hybridized carbons (Fsp3) is 0.571. The van der Waals surface area contributed by atoms with Crippen molar-refractivity contribution in [2.45, 2.75) is 29.9 Å². The normalized spacial score (nSPS) is 21.9. The molecule has 1 heterocycles. The van der Waals surface area contributed by atoms with Gasteiger partial charge in [0.05, 0.1) is 10.1 Å². The number of aryl methyl sites for hydroxylation is 1. The van der Waals surface area contributed by atoms with Crippen LogP contribution in [0.25, 0.3) is 0 Å². The first kappa shape index (κ1) is 15.9. The van der Waals surface area contributed by atoms with Gasteiger partial charge in [-0.2, -0.15) is 8.61 Å². The smallest absolute Gasteiger partial charge is 0.212 e. The molecule has 22 heavy (non-hydrogen) atoms. The lowest BCUT2D eigenvalue weighted by molar-refractivity contribution is 0.272. The molecule has 1 saturated heterocycles. The molecule has 1 saturated carbocycles. The molecule has 6 nitrogen and oxygen atoms in total. The van der Waals surface area contributed by atoms with E-state index in [2.05, 4.69) is 0 Å². The average Bonchev–Trinajstić information content (AvgIpc) is 3.33. The van der Waals surface area contributed by atoms with E-state index in [9.17, 15) is 16.8 Å². The van der Waals surface area contributed by atoms with Crippen LogP contribution in [0.4, 0.5) is 0 Å². The number of piperazine rings is 1. The van der Waals surface area contributed by atoms with Crippen molar-refractivity contribution < 1.29 is 16.8 Å². The fourth-order valence-electron chi connectivity index (χ4n) is 2.60. The number of benzene rings is 1. The summed E-state index contributed by atoms with van der Waals surface area (Å²) in [5.74, 6) is 0. The van der Waals surface area contributed by atoms with Gasteiger partial charge in [0.25, 0.3) is 0 Å². The van der Waals surface area contributed by atoms with E-state index >= 15 is 0 Å². The number of nitrogens with zero attached hydrogens (tertiary/aromatic N) is 2. The standard InChI is InChI=1S/C14H20N2O4S2/c1-12-2-4-13(5-3-12)21(17,18)15-8-10-16(11-9-15)22(19,20)14-6-7-14/h2-5,14H,6-11H2,1H3. The predicted octanol–water partition coefficient (Wildman–Crippen LogP) is 0.794. The van der Waals surface area contributed by atoms with Crippen molar-refractivity contribution in [3.8, 4) is 0 Å². The summed E-state index contributed by atoms with van der Waals surface area (Å²) in [6.45, 7) is 2.80. The summed E-state index contributed by atoms with van der Waals surface area (Å²) in [7, 11) is -6.76. The number of hydrogen-bond donors (Lipinski definition) is 0. The van der Waals surface area contributed by atoms with Crippen LogP contribution in [0.2, 0.25) is 0 Å². The molecule has 2 fully saturated rings. The molecule has 2 aliphatic rings. The maximum absolute atomic E-state index is 12.6. The van der Waals surface area contributed by atoms with Crippen LogP contribution in [0.1, 0.15) is 18.4 Å². The third-order valence-electron chi connectivity index (χ3n) is 4.16. The Morgan fingerprint density at radius 1 is 0.864 bits per heavy atom. The molecule has 0 spiro atoms. The summed E-state index contributed by atoms with van der Waals surface area (Å²) in [5, 5.41) is -0.243. The topological polar surface area (TPSA) is 74.8 Å². The highest BCUT2D eigenvalue weighted by atomic mass is 32.2. The second-order valence-electron chi connectivity index (χ2n) is 5.86. The Hall–Kier alpha value is -0.960. The number of sulfonamides is 2. The van der Waals surface area contributed by atoms with Crippen LogP contribution in [0.5, 0.6) is 0 Å². The summed E-state index contributed by atoms with van der Waals surface area (Å²) in [4.78, 5) is 0.261. The van der Waals surface area contributed by atoms with E-state index in [0.717, 1.165) is 18.4 Å². The van der Waals surface area contributed by atoms with E-state index in [4.69, 9.17) is 0 Å². The van der Waals surface area contributed by atoms with Crippen LogP contribution in [0.15, 0.2) is 29.2 Å². The molecule has 122 valence electrons. The molecule has 1 aliphatic heterocycles.